The number of para-hydroxylation sites is 1. The average Bonchev–Trinajstić information content (AvgIpc) is 3.54. The van der Waals surface area contributed by atoms with Gasteiger partial charge in [-0.3, -0.25) is 9.89 Å². The number of nitrogens with one attached hydrogen (secondary N) is 1. The second-order valence-electron chi connectivity index (χ2n) is 8.34. The van der Waals surface area contributed by atoms with Gasteiger partial charge >= 0.3 is 0 Å². The molecule has 0 spiro atoms. The lowest BCUT2D eigenvalue weighted by Gasteiger charge is -2.17. The van der Waals surface area contributed by atoms with Crippen LogP contribution in [0.5, 0.6) is 5.75 Å². The Bertz CT molecular complexity index is 1310. The molecule has 4 heterocycles. The van der Waals surface area contributed by atoms with Crippen LogP contribution >= 0.6 is 0 Å². The van der Waals surface area contributed by atoms with E-state index in [9.17, 15) is 9.18 Å². The number of H-pyrrole nitrogens is 1. The Morgan fingerprint density at radius 1 is 1.30 bits per heavy atom. The van der Waals surface area contributed by atoms with Crippen LogP contribution in [0, 0.1) is 19.7 Å². The van der Waals surface area contributed by atoms with Crippen LogP contribution < -0.4 is 4.74 Å². The maximum Gasteiger partial charge on any atom is 0.258 e. The largest absolute Gasteiger partial charge is 0.490 e. The molecule has 3 aromatic heterocycles. The number of carbonyl (C=O) groups excluding carboxylic acids is 1. The normalized spacial score (nSPS) is 16.0. The minimum absolute atomic E-state index is 0.0478. The van der Waals surface area contributed by atoms with Crippen molar-refractivity contribution in [3.8, 4) is 5.75 Å². The Hall–Kier alpha value is -3.75. The first kappa shape index (κ1) is 21.1. The van der Waals surface area contributed by atoms with Gasteiger partial charge in [-0.25, -0.2) is 9.37 Å². The smallest absolute Gasteiger partial charge is 0.258 e. The SMILES string of the molecule is Cc1cc(C(=O)N2CCC(c3cc(CCOc4ccccc4F)[nH]n3)C2)c2c(C)noc2n1. The molecule has 1 N–H and O–H groups in total. The van der Waals surface area contributed by atoms with E-state index in [1.165, 1.54) is 6.07 Å². The summed E-state index contributed by atoms with van der Waals surface area (Å²) in [5, 5.41) is 12.1. The van der Waals surface area contributed by atoms with Crippen molar-refractivity contribution in [1.82, 2.24) is 25.2 Å². The first-order valence-corrected chi connectivity index (χ1v) is 10.9. The molecule has 1 aliphatic rings. The fourth-order valence-corrected chi connectivity index (χ4v) is 4.29. The standard InChI is InChI=1S/C24H24FN5O3/c1-14-11-18(22-15(2)29-33-23(22)26-14)24(31)30-9-7-16(13-30)20-12-17(27-28-20)8-10-32-21-6-4-3-5-19(21)25/h3-6,11-12,16H,7-10,13H2,1-2H3,(H,27,28). The molecule has 1 aliphatic heterocycles. The Morgan fingerprint density at radius 3 is 3.00 bits per heavy atom. The first-order valence-electron chi connectivity index (χ1n) is 10.9. The van der Waals surface area contributed by atoms with Crippen molar-refractivity contribution in [1.29, 1.82) is 0 Å². The maximum absolute atomic E-state index is 13.7. The van der Waals surface area contributed by atoms with E-state index in [0.717, 1.165) is 17.8 Å². The topological polar surface area (TPSA) is 97.1 Å². The Kier molecular flexibility index (Phi) is 5.53. The number of rotatable bonds is 6. The van der Waals surface area contributed by atoms with Gasteiger partial charge in [0.2, 0.25) is 0 Å². The van der Waals surface area contributed by atoms with Gasteiger partial charge in [-0.2, -0.15) is 5.10 Å². The van der Waals surface area contributed by atoms with Crippen molar-refractivity contribution >= 4 is 17.0 Å². The number of likely N-dealkylation sites (tertiary alicyclic amines) is 1. The zero-order valence-corrected chi connectivity index (χ0v) is 18.5. The number of aromatic amines is 1. The van der Waals surface area contributed by atoms with Gasteiger partial charge in [-0.1, -0.05) is 17.3 Å². The highest BCUT2D eigenvalue weighted by molar-refractivity contribution is 6.06. The lowest BCUT2D eigenvalue weighted by atomic mass is 10.0. The number of hydrogen-bond acceptors (Lipinski definition) is 6. The third kappa shape index (κ3) is 4.18. The molecule has 1 amide bonds. The number of fused-ring (bicyclic) bond motifs is 1. The lowest BCUT2D eigenvalue weighted by Crippen LogP contribution is -2.28. The number of aromatic nitrogens is 4. The third-order valence-corrected chi connectivity index (χ3v) is 5.99. The van der Waals surface area contributed by atoms with Crippen molar-refractivity contribution in [2.75, 3.05) is 19.7 Å². The predicted octanol–water partition coefficient (Wildman–Crippen LogP) is 3.95. The summed E-state index contributed by atoms with van der Waals surface area (Å²) >= 11 is 0. The molecule has 33 heavy (non-hydrogen) atoms. The van der Waals surface area contributed by atoms with Crippen LogP contribution in [0.1, 0.15) is 45.5 Å². The molecular weight excluding hydrogens is 425 g/mol. The third-order valence-electron chi connectivity index (χ3n) is 5.99. The molecule has 8 nitrogen and oxygen atoms in total. The zero-order valence-electron chi connectivity index (χ0n) is 18.5. The summed E-state index contributed by atoms with van der Waals surface area (Å²) in [6.07, 6.45) is 1.41. The number of hydrogen-bond donors (Lipinski definition) is 1. The molecule has 1 fully saturated rings. The van der Waals surface area contributed by atoms with Gasteiger partial charge in [0, 0.05) is 36.8 Å². The van der Waals surface area contributed by atoms with Crippen LogP contribution in [0.2, 0.25) is 0 Å². The van der Waals surface area contributed by atoms with E-state index < -0.39 is 0 Å². The van der Waals surface area contributed by atoms with Crippen molar-refractivity contribution in [3.05, 3.63) is 70.6 Å². The predicted molar refractivity (Wildman–Crippen MR) is 119 cm³/mol. The average molecular weight is 449 g/mol. The van der Waals surface area contributed by atoms with Gasteiger partial charge in [0.15, 0.2) is 11.6 Å². The number of benzene rings is 1. The second kappa shape index (κ2) is 8.65. The molecule has 0 radical (unpaired) electrons. The summed E-state index contributed by atoms with van der Waals surface area (Å²) in [5.41, 5.74) is 4.17. The minimum Gasteiger partial charge on any atom is -0.490 e. The quantitative estimate of drug-likeness (QED) is 0.479. The molecule has 1 saturated heterocycles. The molecule has 0 bridgehead atoms. The molecule has 1 unspecified atom stereocenters. The van der Waals surface area contributed by atoms with Crippen LogP contribution in [0.4, 0.5) is 4.39 Å². The molecule has 9 heteroatoms. The lowest BCUT2D eigenvalue weighted by molar-refractivity contribution is 0.0792. The number of carbonyl (C=O) groups is 1. The molecule has 1 atom stereocenters. The molecular formula is C24H24FN5O3. The summed E-state index contributed by atoms with van der Waals surface area (Å²) in [4.78, 5) is 19.5. The highest BCUT2D eigenvalue weighted by Gasteiger charge is 2.31. The van der Waals surface area contributed by atoms with Crippen molar-refractivity contribution < 1.29 is 18.4 Å². The van der Waals surface area contributed by atoms with E-state index in [1.54, 1.807) is 24.3 Å². The summed E-state index contributed by atoms with van der Waals surface area (Å²) in [5.74, 6) is -0.0333. The van der Waals surface area contributed by atoms with Gasteiger partial charge < -0.3 is 14.2 Å². The molecule has 5 rings (SSSR count). The Balaban J connectivity index is 1.23. The molecule has 1 aromatic carbocycles. The van der Waals surface area contributed by atoms with Gasteiger partial charge in [0.1, 0.15) is 0 Å². The van der Waals surface area contributed by atoms with Crippen LogP contribution in [-0.2, 0) is 6.42 Å². The van der Waals surface area contributed by atoms with Gasteiger partial charge in [0.05, 0.1) is 28.9 Å². The summed E-state index contributed by atoms with van der Waals surface area (Å²) in [6, 6.07) is 10.1. The van der Waals surface area contributed by atoms with E-state index in [2.05, 4.69) is 20.3 Å². The number of nitrogens with zero attached hydrogens (tertiary/aromatic N) is 4. The van der Waals surface area contributed by atoms with E-state index >= 15 is 0 Å². The van der Waals surface area contributed by atoms with Crippen LogP contribution in [0.25, 0.3) is 11.1 Å². The minimum atomic E-state index is -0.374. The zero-order chi connectivity index (χ0) is 22.9. The van der Waals surface area contributed by atoms with Crippen LogP contribution in [0.3, 0.4) is 0 Å². The van der Waals surface area contributed by atoms with E-state index in [0.29, 0.717) is 54.2 Å². The Morgan fingerprint density at radius 2 is 2.15 bits per heavy atom. The molecule has 0 aliphatic carbocycles. The summed E-state index contributed by atoms with van der Waals surface area (Å²) < 4.78 is 24.5. The van der Waals surface area contributed by atoms with Gasteiger partial charge in [-0.15, -0.1) is 0 Å². The van der Waals surface area contributed by atoms with Crippen LogP contribution in [-0.4, -0.2) is 50.8 Å². The van der Waals surface area contributed by atoms with Crippen molar-refractivity contribution in [3.63, 3.8) is 0 Å². The summed E-state index contributed by atoms with van der Waals surface area (Å²) in [7, 11) is 0. The van der Waals surface area contributed by atoms with Gasteiger partial charge in [-0.05, 0) is 44.5 Å². The van der Waals surface area contributed by atoms with Crippen molar-refractivity contribution in [2.45, 2.75) is 32.6 Å². The Labute approximate surface area is 189 Å². The van der Waals surface area contributed by atoms with E-state index in [4.69, 9.17) is 9.26 Å². The van der Waals surface area contributed by atoms with Crippen molar-refractivity contribution in [2.24, 2.45) is 0 Å². The van der Waals surface area contributed by atoms with E-state index in [1.807, 2.05) is 24.8 Å². The highest BCUT2D eigenvalue weighted by atomic mass is 19.1. The number of aryl methyl sites for hydroxylation is 2. The maximum atomic E-state index is 13.7. The number of pyridine rings is 1. The number of ether oxygens (including phenoxy) is 1. The fourth-order valence-electron chi connectivity index (χ4n) is 4.29. The highest BCUT2D eigenvalue weighted by Crippen LogP contribution is 2.30. The fraction of sp³-hybridized carbons (Fsp3) is 0.333. The molecule has 0 saturated carbocycles. The first-order chi connectivity index (χ1) is 16.0. The summed E-state index contributed by atoms with van der Waals surface area (Å²) in [6.45, 7) is 5.22. The molecule has 4 aromatic rings. The second-order valence-corrected chi connectivity index (χ2v) is 8.34. The van der Waals surface area contributed by atoms with Crippen LogP contribution in [0.15, 0.2) is 40.9 Å². The van der Waals surface area contributed by atoms with Gasteiger partial charge in [0.25, 0.3) is 11.6 Å². The van der Waals surface area contributed by atoms with E-state index in [-0.39, 0.29) is 23.4 Å². The molecule has 170 valence electrons. The number of amides is 1. The number of halogens is 1. The monoisotopic (exact) mass is 449 g/mol.